The Morgan fingerprint density at radius 2 is 1.81 bits per heavy atom. The van der Waals surface area contributed by atoms with E-state index in [1.54, 1.807) is 12.4 Å². The van der Waals surface area contributed by atoms with E-state index in [1.165, 1.54) is 46.8 Å². The van der Waals surface area contributed by atoms with Crippen molar-refractivity contribution in [2.75, 3.05) is 13.1 Å². The fraction of sp³-hybridized carbons (Fsp3) is 0.389. The third-order valence-electron chi connectivity index (χ3n) is 4.64. The number of thiazole rings is 1. The van der Waals surface area contributed by atoms with Gasteiger partial charge in [0.15, 0.2) is 5.78 Å². The van der Waals surface area contributed by atoms with E-state index in [4.69, 9.17) is 0 Å². The van der Waals surface area contributed by atoms with Crippen LogP contribution in [-0.2, 0) is 10.0 Å². The van der Waals surface area contributed by atoms with Gasteiger partial charge in [-0.25, -0.2) is 13.4 Å². The quantitative estimate of drug-likeness (QED) is 0.767. The number of ketones is 1. The van der Waals surface area contributed by atoms with Crippen molar-refractivity contribution in [1.29, 1.82) is 0 Å². The van der Waals surface area contributed by atoms with Crippen LogP contribution in [-0.4, -0.2) is 48.5 Å². The number of carbonyl (C=O) groups is 2. The summed E-state index contributed by atoms with van der Waals surface area (Å²) in [6.07, 6.45) is 1.10. The van der Waals surface area contributed by atoms with Crippen LogP contribution in [0.5, 0.6) is 0 Å². The number of sulfonamides is 1. The average Bonchev–Trinajstić information content (AvgIpc) is 3.08. The van der Waals surface area contributed by atoms with Crippen molar-refractivity contribution in [3.05, 3.63) is 45.9 Å². The Morgan fingerprint density at radius 3 is 2.33 bits per heavy atom. The number of hydrogen-bond donors (Lipinski definition) is 1. The van der Waals surface area contributed by atoms with E-state index < -0.39 is 10.0 Å². The summed E-state index contributed by atoms with van der Waals surface area (Å²) in [7, 11) is -3.60. The molecule has 1 amide bonds. The van der Waals surface area contributed by atoms with Gasteiger partial charge in [0.1, 0.15) is 4.88 Å². The van der Waals surface area contributed by atoms with E-state index >= 15 is 0 Å². The molecule has 1 fully saturated rings. The molecule has 0 spiro atoms. The molecule has 0 atom stereocenters. The predicted octanol–water partition coefficient (Wildman–Crippen LogP) is 2.24. The Morgan fingerprint density at radius 1 is 1.19 bits per heavy atom. The zero-order chi connectivity index (χ0) is 19.6. The SMILES string of the molecule is CC(=O)c1ccc(S(=O)(=O)N2CCC(NC(=O)c3scnc3C)CC2)cc1. The number of rotatable bonds is 5. The first-order chi connectivity index (χ1) is 12.8. The number of aryl methyl sites for hydroxylation is 1. The summed E-state index contributed by atoms with van der Waals surface area (Å²) < 4.78 is 27.0. The number of amides is 1. The summed E-state index contributed by atoms with van der Waals surface area (Å²) in [5.41, 5.74) is 2.82. The minimum Gasteiger partial charge on any atom is -0.348 e. The zero-order valence-electron chi connectivity index (χ0n) is 15.1. The molecule has 1 saturated heterocycles. The van der Waals surface area contributed by atoms with Crippen molar-refractivity contribution in [2.24, 2.45) is 0 Å². The molecule has 7 nitrogen and oxygen atoms in total. The van der Waals surface area contributed by atoms with Crippen LogP contribution in [0.2, 0.25) is 0 Å². The monoisotopic (exact) mass is 407 g/mol. The number of aromatic nitrogens is 1. The lowest BCUT2D eigenvalue weighted by Crippen LogP contribution is -2.46. The van der Waals surface area contributed by atoms with Gasteiger partial charge in [0, 0.05) is 24.7 Å². The first-order valence-corrected chi connectivity index (χ1v) is 10.9. The van der Waals surface area contributed by atoms with Gasteiger partial charge in [-0.2, -0.15) is 4.31 Å². The predicted molar refractivity (Wildman–Crippen MR) is 103 cm³/mol. The number of benzene rings is 1. The van der Waals surface area contributed by atoms with Gasteiger partial charge in [-0.1, -0.05) is 12.1 Å². The van der Waals surface area contributed by atoms with Crippen LogP contribution < -0.4 is 5.32 Å². The van der Waals surface area contributed by atoms with E-state index in [2.05, 4.69) is 10.3 Å². The van der Waals surface area contributed by atoms with Crippen LogP contribution >= 0.6 is 11.3 Å². The minimum atomic E-state index is -3.60. The van der Waals surface area contributed by atoms with Gasteiger partial charge >= 0.3 is 0 Å². The molecule has 27 heavy (non-hydrogen) atoms. The summed E-state index contributed by atoms with van der Waals surface area (Å²) >= 11 is 1.30. The highest BCUT2D eigenvalue weighted by Crippen LogP contribution is 2.22. The van der Waals surface area contributed by atoms with Gasteiger partial charge in [-0.15, -0.1) is 11.3 Å². The molecule has 9 heteroatoms. The van der Waals surface area contributed by atoms with Gasteiger partial charge in [0.25, 0.3) is 5.91 Å². The minimum absolute atomic E-state index is 0.0643. The van der Waals surface area contributed by atoms with E-state index in [0.717, 1.165) is 0 Å². The second-order valence-electron chi connectivity index (χ2n) is 6.50. The number of carbonyl (C=O) groups excluding carboxylic acids is 2. The molecule has 3 rings (SSSR count). The molecule has 144 valence electrons. The van der Waals surface area contributed by atoms with Crippen LogP contribution in [0.3, 0.4) is 0 Å². The number of hydrogen-bond acceptors (Lipinski definition) is 6. The molecule has 2 heterocycles. The summed E-state index contributed by atoms with van der Waals surface area (Å²) in [5.74, 6) is -0.261. The molecule has 2 aromatic rings. The Hall–Kier alpha value is -2.10. The van der Waals surface area contributed by atoms with Crippen molar-refractivity contribution in [3.63, 3.8) is 0 Å². The molecule has 0 saturated carbocycles. The molecule has 0 bridgehead atoms. The Balaban J connectivity index is 1.61. The van der Waals surface area contributed by atoms with Crippen LogP contribution in [0.15, 0.2) is 34.7 Å². The smallest absolute Gasteiger partial charge is 0.263 e. The zero-order valence-corrected chi connectivity index (χ0v) is 16.8. The highest BCUT2D eigenvalue weighted by molar-refractivity contribution is 7.89. The molecular formula is C18H21N3O4S2. The average molecular weight is 408 g/mol. The second kappa shape index (κ2) is 7.87. The lowest BCUT2D eigenvalue weighted by atomic mass is 10.1. The molecule has 1 aromatic carbocycles. The normalized spacial score (nSPS) is 16.2. The first kappa shape index (κ1) is 19.7. The van der Waals surface area contributed by atoms with Gasteiger partial charge < -0.3 is 5.32 Å². The summed E-state index contributed by atoms with van der Waals surface area (Å²) in [6, 6.07) is 5.92. The van der Waals surface area contributed by atoms with Gasteiger partial charge in [0.2, 0.25) is 10.0 Å². The summed E-state index contributed by atoms with van der Waals surface area (Å²) in [6.45, 7) is 3.90. The first-order valence-electron chi connectivity index (χ1n) is 8.61. The lowest BCUT2D eigenvalue weighted by Gasteiger charge is -2.31. The summed E-state index contributed by atoms with van der Waals surface area (Å²) in [4.78, 5) is 28.5. The van der Waals surface area contributed by atoms with Crippen molar-refractivity contribution in [3.8, 4) is 0 Å². The molecule has 1 aromatic heterocycles. The standard InChI is InChI=1S/C18H21N3O4S2/c1-12-17(26-11-19-12)18(23)20-15-7-9-21(10-8-15)27(24,25)16-5-3-14(4-6-16)13(2)22/h3-6,11,15H,7-10H2,1-2H3,(H,20,23). The van der Waals surface area contributed by atoms with Crippen molar-refractivity contribution in [1.82, 2.24) is 14.6 Å². The Kier molecular flexibility index (Phi) is 5.73. The molecule has 1 aliphatic rings. The molecule has 1 N–H and O–H groups in total. The third kappa shape index (κ3) is 4.26. The summed E-state index contributed by atoms with van der Waals surface area (Å²) in [5, 5.41) is 2.97. The fourth-order valence-corrected chi connectivity index (χ4v) is 5.20. The van der Waals surface area contributed by atoms with Crippen molar-refractivity contribution < 1.29 is 18.0 Å². The highest BCUT2D eigenvalue weighted by atomic mass is 32.2. The van der Waals surface area contributed by atoms with E-state index in [9.17, 15) is 18.0 Å². The number of piperidine rings is 1. The van der Waals surface area contributed by atoms with Crippen LogP contribution in [0.25, 0.3) is 0 Å². The van der Waals surface area contributed by atoms with Crippen LogP contribution in [0, 0.1) is 6.92 Å². The lowest BCUT2D eigenvalue weighted by molar-refractivity contribution is 0.0926. The van der Waals surface area contributed by atoms with E-state index in [1.807, 2.05) is 0 Å². The molecule has 0 unspecified atom stereocenters. The van der Waals surface area contributed by atoms with Gasteiger partial charge in [-0.05, 0) is 38.8 Å². The largest absolute Gasteiger partial charge is 0.348 e. The molecule has 0 radical (unpaired) electrons. The molecule has 0 aliphatic carbocycles. The Bertz CT molecular complexity index is 943. The van der Waals surface area contributed by atoms with Gasteiger partial charge in [-0.3, -0.25) is 9.59 Å². The van der Waals surface area contributed by atoms with Gasteiger partial charge in [0.05, 0.1) is 16.1 Å². The topological polar surface area (TPSA) is 96.4 Å². The maximum atomic E-state index is 12.8. The highest BCUT2D eigenvalue weighted by Gasteiger charge is 2.30. The molecule has 1 aliphatic heterocycles. The third-order valence-corrected chi connectivity index (χ3v) is 7.48. The number of nitrogens with one attached hydrogen (secondary N) is 1. The van der Waals surface area contributed by atoms with Crippen LogP contribution in [0.4, 0.5) is 0 Å². The Labute approximate surface area is 162 Å². The van der Waals surface area contributed by atoms with E-state index in [-0.39, 0.29) is 22.6 Å². The van der Waals surface area contributed by atoms with Crippen LogP contribution in [0.1, 0.15) is 45.5 Å². The van der Waals surface area contributed by atoms with E-state index in [0.29, 0.717) is 42.1 Å². The second-order valence-corrected chi connectivity index (χ2v) is 9.29. The number of nitrogens with zero attached hydrogens (tertiary/aromatic N) is 2. The number of Topliss-reactive ketones (excluding diaryl/α,β-unsaturated/α-hetero) is 1. The maximum absolute atomic E-state index is 12.8. The van der Waals surface area contributed by atoms with Crippen molar-refractivity contribution in [2.45, 2.75) is 37.6 Å². The fourth-order valence-electron chi connectivity index (χ4n) is 3.02. The molecular weight excluding hydrogens is 386 g/mol. The van der Waals surface area contributed by atoms with Crippen molar-refractivity contribution >= 4 is 33.1 Å². The maximum Gasteiger partial charge on any atom is 0.263 e.